The van der Waals surface area contributed by atoms with Crippen molar-refractivity contribution < 1.29 is 32.7 Å². The summed E-state index contributed by atoms with van der Waals surface area (Å²) in [6, 6.07) is 8.74. The van der Waals surface area contributed by atoms with Gasteiger partial charge in [0, 0.05) is 42.8 Å². The number of fused-ring (bicyclic) bond motifs is 1. The van der Waals surface area contributed by atoms with Crippen molar-refractivity contribution in [2.24, 2.45) is 0 Å². The van der Waals surface area contributed by atoms with Crippen LogP contribution in [-0.2, 0) is 25.5 Å². The van der Waals surface area contributed by atoms with E-state index in [0.717, 1.165) is 16.5 Å². The van der Waals surface area contributed by atoms with E-state index in [1.165, 1.54) is 47.4 Å². The van der Waals surface area contributed by atoms with Crippen LogP contribution in [0.3, 0.4) is 0 Å². The molecule has 2 heterocycles. The summed E-state index contributed by atoms with van der Waals surface area (Å²) in [5.41, 5.74) is 0.140. The number of nitrogens with one attached hydrogen (secondary N) is 4. The number of carbonyl (C=O) groups is 4. The maximum Gasteiger partial charge on any atom is 0.408 e. The Morgan fingerprint density at radius 2 is 1.80 bits per heavy atom. The highest BCUT2D eigenvalue weighted by molar-refractivity contribution is 9.10. The van der Waals surface area contributed by atoms with E-state index in [0.29, 0.717) is 12.0 Å². The highest BCUT2D eigenvalue weighted by Gasteiger charge is 2.43. The van der Waals surface area contributed by atoms with Gasteiger partial charge in [-0.2, -0.15) is 0 Å². The summed E-state index contributed by atoms with van der Waals surface area (Å²) in [5.74, 6) is -2.11. The molecule has 13 heteroatoms. The summed E-state index contributed by atoms with van der Waals surface area (Å²) in [6.07, 6.45) is 4.47. The first-order valence-corrected chi connectivity index (χ1v) is 15.3. The fourth-order valence-corrected chi connectivity index (χ4v) is 5.42. The molecule has 0 aliphatic carbocycles. The highest BCUT2D eigenvalue weighted by atomic mass is 79.9. The lowest BCUT2D eigenvalue weighted by Crippen LogP contribution is -2.64. The maximum atomic E-state index is 13.8. The normalized spacial score (nSPS) is 14.8. The third-order valence-corrected chi connectivity index (χ3v) is 7.94. The third kappa shape index (κ3) is 9.13. The van der Waals surface area contributed by atoms with E-state index in [1.807, 2.05) is 0 Å². The van der Waals surface area contributed by atoms with Crippen LogP contribution in [-0.4, -0.2) is 71.0 Å². The van der Waals surface area contributed by atoms with E-state index in [9.17, 15) is 28.0 Å². The number of aromatic amines is 1. The number of H-pyrrole nitrogens is 1. The Morgan fingerprint density at radius 1 is 1.07 bits per heavy atom. The molecular formula is C32H36BrF2N5O5. The van der Waals surface area contributed by atoms with E-state index in [4.69, 9.17) is 4.74 Å². The average molecular weight is 689 g/mol. The molecule has 4 rings (SSSR count). The summed E-state index contributed by atoms with van der Waals surface area (Å²) in [5, 5.41) is 8.90. The zero-order valence-corrected chi connectivity index (χ0v) is 26.9. The van der Waals surface area contributed by atoms with Crippen molar-refractivity contribution in [3.8, 4) is 0 Å². The van der Waals surface area contributed by atoms with Gasteiger partial charge in [-0.3, -0.25) is 14.4 Å². The molecule has 0 atom stereocenters. The first kappa shape index (κ1) is 33.6. The predicted molar refractivity (Wildman–Crippen MR) is 169 cm³/mol. The van der Waals surface area contributed by atoms with Gasteiger partial charge in [-0.05, 0) is 103 Å². The molecule has 10 nitrogen and oxygen atoms in total. The van der Waals surface area contributed by atoms with Crippen LogP contribution in [0.1, 0.15) is 44.7 Å². The van der Waals surface area contributed by atoms with Crippen molar-refractivity contribution in [1.82, 2.24) is 25.8 Å². The molecule has 4 amide bonds. The van der Waals surface area contributed by atoms with Crippen molar-refractivity contribution in [3.63, 3.8) is 0 Å². The van der Waals surface area contributed by atoms with Crippen molar-refractivity contribution in [3.05, 3.63) is 75.9 Å². The molecule has 2 aromatic carbocycles. The molecular weight excluding hydrogens is 652 g/mol. The Kier molecular flexibility index (Phi) is 10.6. The molecule has 0 bridgehead atoms. The van der Waals surface area contributed by atoms with Crippen molar-refractivity contribution in [1.29, 1.82) is 0 Å². The van der Waals surface area contributed by atoms with Crippen LogP contribution in [0.25, 0.3) is 17.0 Å². The number of benzene rings is 2. The van der Waals surface area contributed by atoms with Gasteiger partial charge in [-0.15, -0.1) is 0 Å². The smallest absolute Gasteiger partial charge is 0.408 e. The van der Waals surface area contributed by atoms with Gasteiger partial charge in [0.2, 0.25) is 17.7 Å². The highest BCUT2D eigenvalue weighted by Crippen LogP contribution is 2.25. The number of halogens is 3. The summed E-state index contributed by atoms with van der Waals surface area (Å²) in [6.45, 7) is 5.39. The van der Waals surface area contributed by atoms with Crippen molar-refractivity contribution in [2.75, 3.05) is 26.2 Å². The summed E-state index contributed by atoms with van der Waals surface area (Å²) >= 11 is 3.12. The second-order valence-electron chi connectivity index (χ2n) is 11.8. The minimum atomic E-state index is -1.33. The predicted octanol–water partition coefficient (Wildman–Crippen LogP) is 4.58. The van der Waals surface area contributed by atoms with Gasteiger partial charge in [0.25, 0.3) is 0 Å². The number of ether oxygens (including phenoxy) is 1. The Labute approximate surface area is 268 Å². The standard InChI is InChI=1S/C32H36BrF2N5O5/c1-31(2,3)45-30(44)38-19-28(42)40-14-11-32(12-15-40,39-27(41)9-5-20-4-7-25(35)24(33)16-20)29(43)36-13-10-21-18-37-26-8-6-22(34)17-23(21)26/h4-9,16-18,37H,10-15,19H2,1-3H3,(H,36,43)(H,38,44)(H,39,41). The van der Waals surface area contributed by atoms with Gasteiger partial charge in [0.1, 0.15) is 29.3 Å². The molecule has 1 aromatic heterocycles. The van der Waals surface area contributed by atoms with Gasteiger partial charge in [0.05, 0.1) is 4.47 Å². The number of nitrogens with zero attached hydrogens (tertiary/aromatic N) is 1. The van der Waals surface area contributed by atoms with E-state index >= 15 is 0 Å². The number of aromatic nitrogens is 1. The molecule has 1 aliphatic heterocycles. The zero-order valence-electron chi connectivity index (χ0n) is 25.3. The molecule has 3 aromatic rings. The van der Waals surface area contributed by atoms with Gasteiger partial charge in [-0.25, -0.2) is 13.6 Å². The number of likely N-dealkylation sites (tertiary alicyclic amines) is 1. The van der Waals surface area contributed by atoms with Crippen LogP contribution < -0.4 is 16.0 Å². The Hall–Kier alpha value is -4.26. The lowest BCUT2D eigenvalue weighted by molar-refractivity contribution is -0.138. The third-order valence-electron chi connectivity index (χ3n) is 7.33. The van der Waals surface area contributed by atoms with Crippen molar-refractivity contribution in [2.45, 2.75) is 51.2 Å². The molecule has 1 saturated heterocycles. The van der Waals surface area contributed by atoms with E-state index in [1.54, 1.807) is 33.0 Å². The van der Waals surface area contributed by atoms with Crippen LogP contribution in [0.4, 0.5) is 13.6 Å². The molecule has 1 aliphatic rings. The minimum Gasteiger partial charge on any atom is -0.444 e. The van der Waals surface area contributed by atoms with E-state index in [-0.39, 0.29) is 55.2 Å². The van der Waals surface area contributed by atoms with Crippen LogP contribution in [0, 0.1) is 11.6 Å². The number of carbonyl (C=O) groups excluding carboxylic acids is 4. The number of hydrogen-bond acceptors (Lipinski definition) is 5. The Morgan fingerprint density at radius 3 is 2.49 bits per heavy atom. The van der Waals surface area contributed by atoms with Crippen LogP contribution in [0.2, 0.25) is 0 Å². The van der Waals surface area contributed by atoms with E-state index < -0.39 is 34.9 Å². The average Bonchev–Trinajstić information content (AvgIpc) is 3.37. The fraction of sp³-hybridized carbons (Fsp3) is 0.375. The number of alkyl carbamates (subject to hydrolysis) is 1. The molecule has 45 heavy (non-hydrogen) atoms. The largest absolute Gasteiger partial charge is 0.444 e. The van der Waals surface area contributed by atoms with Gasteiger partial charge in [-0.1, -0.05) is 6.07 Å². The second-order valence-corrected chi connectivity index (χ2v) is 12.7. The number of rotatable bonds is 9. The lowest BCUT2D eigenvalue weighted by atomic mass is 9.86. The quantitative estimate of drug-likeness (QED) is 0.245. The first-order chi connectivity index (χ1) is 21.2. The molecule has 0 spiro atoms. The molecule has 0 radical (unpaired) electrons. The van der Waals surface area contributed by atoms with Crippen LogP contribution in [0.15, 0.2) is 53.1 Å². The second kappa shape index (κ2) is 14.2. The number of amides is 4. The molecule has 0 unspecified atom stereocenters. The monoisotopic (exact) mass is 687 g/mol. The van der Waals surface area contributed by atoms with Crippen LogP contribution in [0.5, 0.6) is 0 Å². The summed E-state index contributed by atoms with van der Waals surface area (Å²) in [7, 11) is 0. The topological polar surface area (TPSA) is 133 Å². The van der Waals surface area contributed by atoms with Crippen molar-refractivity contribution >= 4 is 56.7 Å². The molecule has 4 N–H and O–H groups in total. The van der Waals surface area contributed by atoms with Gasteiger partial charge >= 0.3 is 6.09 Å². The minimum absolute atomic E-state index is 0.122. The number of piperidine rings is 1. The summed E-state index contributed by atoms with van der Waals surface area (Å²) in [4.78, 5) is 56.1. The van der Waals surface area contributed by atoms with E-state index in [2.05, 4.69) is 36.9 Å². The molecule has 240 valence electrons. The summed E-state index contributed by atoms with van der Waals surface area (Å²) < 4.78 is 32.8. The van der Waals surface area contributed by atoms with Gasteiger partial charge < -0.3 is 30.6 Å². The lowest BCUT2D eigenvalue weighted by Gasteiger charge is -2.41. The fourth-order valence-electron chi connectivity index (χ4n) is 5.02. The molecule has 1 fully saturated rings. The van der Waals surface area contributed by atoms with Crippen LogP contribution >= 0.6 is 15.9 Å². The maximum absolute atomic E-state index is 13.8. The SMILES string of the molecule is CC(C)(C)OC(=O)NCC(=O)N1CCC(NC(=O)C=Cc2ccc(F)c(Br)c2)(C(=O)NCCc2c[nH]c3ccc(F)cc23)CC1. The molecule has 0 saturated carbocycles. The Balaban J connectivity index is 1.42. The number of hydrogen-bond donors (Lipinski definition) is 4. The zero-order chi connectivity index (χ0) is 32.8. The first-order valence-electron chi connectivity index (χ1n) is 14.5. The Bertz CT molecular complexity index is 1610. The van der Waals surface area contributed by atoms with Gasteiger partial charge in [0.15, 0.2) is 0 Å².